The highest BCUT2D eigenvalue weighted by Crippen LogP contribution is 2.18. The fourth-order valence-corrected chi connectivity index (χ4v) is 1.07. The van der Waals surface area contributed by atoms with Crippen LogP contribution in [0.15, 0.2) is 18.2 Å². The van der Waals surface area contributed by atoms with E-state index in [2.05, 4.69) is 4.74 Å². The van der Waals surface area contributed by atoms with Gasteiger partial charge in [0.05, 0.1) is 13.0 Å². The first-order valence-electron chi connectivity index (χ1n) is 4.27. The molecular weight excluding hydrogens is 187 g/mol. The second-order valence-corrected chi connectivity index (χ2v) is 2.73. The monoisotopic (exact) mass is 198 g/mol. The molecule has 0 unspecified atom stereocenters. The summed E-state index contributed by atoms with van der Waals surface area (Å²) in [6.07, 6.45) is -0.159. The number of hydrogen-bond acceptors (Lipinski definition) is 3. The Morgan fingerprint density at radius 2 is 2.29 bits per heavy atom. The van der Waals surface area contributed by atoms with Crippen molar-refractivity contribution in [2.24, 2.45) is 0 Å². The average molecular weight is 198 g/mol. The van der Waals surface area contributed by atoms with Crippen molar-refractivity contribution in [1.82, 2.24) is 0 Å². The Morgan fingerprint density at radius 1 is 1.57 bits per heavy atom. The normalized spacial score (nSPS) is 9.86. The second kappa shape index (κ2) is 4.60. The molecule has 0 atom stereocenters. The highest BCUT2D eigenvalue weighted by atomic mass is 19.1. The third kappa shape index (κ3) is 2.45. The minimum Gasteiger partial charge on any atom is -0.505 e. The molecule has 3 nitrogen and oxygen atoms in total. The zero-order chi connectivity index (χ0) is 10.6. The Bertz CT molecular complexity index is 336. The van der Waals surface area contributed by atoms with E-state index >= 15 is 0 Å². The molecule has 0 amide bonds. The zero-order valence-electron chi connectivity index (χ0n) is 7.79. The number of ether oxygens (including phenoxy) is 1. The van der Waals surface area contributed by atoms with Gasteiger partial charge in [0.1, 0.15) is 0 Å². The maximum Gasteiger partial charge on any atom is 0.310 e. The smallest absolute Gasteiger partial charge is 0.310 e. The average Bonchev–Trinajstić information content (AvgIpc) is 2.13. The van der Waals surface area contributed by atoms with Crippen LogP contribution in [0.3, 0.4) is 0 Å². The number of esters is 1. The Morgan fingerprint density at radius 3 is 2.93 bits per heavy atom. The highest BCUT2D eigenvalue weighted by molar-refractivity contribution is 5.72. The Balaban J connectivity index is 2.76. The lowest BCUT2D eigenvalue weighted by Crippen LogP contribution is -2.08. The summed E-state index contributed by atoms with van der Waals surface area (Å²) in [6.45, 7) is 1.94. The van der Waals surface area contributed by atoms with Gasteiger partial charge in [-0.1, -0.05) is 12.1 Å². The van der Waals surface area contributed by atoms with Gasteiger partial charge in [0, 0.05) is 5.56 Å². The van der Waals surface area contributed by atoms with Crippen LogP contribution in [0, 0.1) is 5.82 Å². The third-order valence-corrected chi connectivity index (χ3v) is 1.70. The lowest BCUT2D eigenvalue weighted by molar-refractivity contribution is -0.142. The summed E-state index contributed by atoms with van der Waals surface area (Å²) in [5.74, 6) is -1.72. The maximum atomic E-state index is 13.1. The minimum absolute atomic E-state index is 0.142. The van der Waals surface area contributed by atoms with Crippen LogP contribution >= 0.6 is 0 Å². The van der Waals surface area contributed by atoms with Gasteiger partial charge < -0.3 is 9.84 Å². The maximum absolute atomic E-state index is 13.1. The molecule has 0 heterocycles. The number of hydrogen-bond donors (Lipinski definition) is 1. The van der Waals surface area contributed by atoms with E-state index in [1.165, 1.54) is 18.2 Å². The van der Waals surface area contributed by atoms with Crippen molar-refractivity contribution in [3.8, 4) is 5.75 Å². The van der Waals surface area contributed by atoms with Crippen LogP contribution in [0.1, 0.15) is 12.5 Å². The molecule has 76 valence electrons. The van der Waals surface area contributed by atoms with Gasteiger partial charge in [-0.05, 0) is 13.0 Å². The summed E-state index contributed by atoms with van der Waals surface area (Å²) in [4.78, 5) is 11.0. The molecule has 0 aliphatic rings. The summed E-state index contributed by atoms with van der Waals surface area (Å²) in [7, 11) is 0. The molecule has 1 N–H and O–H groups in total. The lowest BCUT2D eigenvalue weighted by Gasteiger charge is -2.04. The summed E-state index contributed by atoms with van der Waals surface area (Å²) >= 11 is 0. The van der Waals surface area contributed by atoms with Crippen molar-refractivity contribution in [2.45, 2.75) is 13.3 Å². The minimum atomic E-state index is -0.763. The molecule has 0 saturated heterocycles. The predicted molar refractivity (Wildman–Crippen MR) is 48.4 cm³/mol. The second-order valence-electron chi connectivity index (χ2n) is 2.73. The van der Waals surface area contributed by atoms with E-state index in [9.17, 15) is 9.18 Å². The number of aromatic hydroxyl groups is 1. The molecule has 4 heteroatoms. The van der Waals surface area contributed by atoms with Crippen molar-refractivity contribution in [3.05, 3.63) is 29.6 Å². The molecule has 0 aliphatic carbocycles. The molecule has 1 aromatic rings. The van der Waals surface area contributed by atoms with E-state index in [1.54, 1.807) is 6.92 Å². The van der Waals surface area contributed by atoms with E-state index in [0.29, 0.717) is 0 Å². The molecule has 14 heavy (non-hydrogen) atoms. The molecule has 0 aromatic heterocycles. The summed E-state index contributed by atoms with van der Waals surface area (Å²) < 4.78 is 17.8. The quantitative estimate of drug-likeness (QED) is 0.751. The van der Waals surface area contributed by atoms with Crippen molar-refractivity contribution in [1.29, 1.82) is 0 Å². The van der Waals surface area contributed by atoms with Gasteiger partial charge in [-0.3, -0.25) is 4.79 Å². The number of rotatable bonds is 3. The van der Waals surface area contributed by atoms with E-state index in [-0.39, 0.29) is 18.6 Å². The molecule has 0 saturated carbocycles. The number of carbonyl (C=O) groups is 1. The molecule has 0 aliphatic heterocycles. The van der Waals surface area contributed by atoms with Crippen LogP contribution in [0.2, 0.25) is 0 Å². The topological polar surface area (TPSA) is 46.5 Å². The summed E-state index contributed by atoms with van der Waals surface area (Å²) in [5, 5.41) is 9.02. The van der Waals surface area contributed by atoms with Crippen molar-refractivity contribution < 1.29 is 19.0 Å². The number of phenolic OH excluding ortho intramolecular Hbond substituents is 1. The van der Waals surface area contributed by atoms with Crippen LogP contribution < -0.4 is 0 Å². The highest BCUT2D eigenvalue weighted by Gasteiger charge is 2.11. The van der Waals surface area contributed by atoms with Crippen LogP contribution in [0.5, 0.6) is 5.75 Å². The Hall–Kier alpha value is -1.58. The number of carbonyl (C=O) groups excluding carboxylic acids is 1. The Labute approximate surface area is 81.1 Å². The van der Waals surface area contributed by atoms with Crippen LogP contribution in [0.4, 0.5) is 4.39 Å². The molecule has 1 aromatic carbocycles. The van der Waals surface area contributed by atoms with Gasteiger partial charge >= 0.3 is 5.97 Å². The fraction of sp³-hybridized carbons (Fsp3) is 0.300. The molecular formula is C10H11FO3. The van der Waals surface area contributed by atoms with E-state index in [4.69, 9.17) is 5.11 Å². The first-order chi connectivity index (χ1) is 6.65. The van der Waals surface area contributed by atoms with Crippen LogP contribution in [-0.4, -0.2) is 17.7 Å². The largest absolute Gasteiger partial charge is 0.505 e. The fourth-order valence-electron chi connectivity index (χ4n) is 1.07. The van der Waals surface area contributed by atoms with Crippen molar-refractivity contribution >= 4 is 5.97 Å². The summed E-state index contributed by atoms with van der Waals surface area (Å²) in [6, 6.07) is 4.14. The van der Waals surface area contributed by atoms with E-state index in [0.717, 1.165) is 0 Å². The van der Waals surface area contributed by atoms with Gasteiger partial charge in [-0.2, -0.15) is 0 Å². The molecule has 0 radical (unpaired) electrons. The molecule has 1 rings (SSSR count). The van der Waals surface area contributed by atoms with Gasteiger partial charge in [0.2, 0.25) is 0 Å². The van der Waals surface area contributed by atoms with Crippen molar-refractivity contribution in [3.63, 3.8) is 0 Å². The number of halogens is 1. The first kappa shape index (κ1) is 10.5. The lowest BCUT2D eigenvalue weighted by atomic mass is 10.1. The number of benzene rings is 1. The molecule has 0 bridgehead atoms. The van der Waals surface area contributed by atoms with Gasteiger partial charge in [0.25, 0.3) is 0 Å². The molecule has 0 spiro atoms. The SMILES string of the molecule is CCOC(=O)Cc1cccc(O)c1F. The predicted octanol–water partition coefficient (Wildman–Crippen LogP) is 1.64. The first-order valence-corrected chi connectivity index (χ1v) is 4.27. The number of phenols is 1. The van der Waals surface area contributed by atoms with Gasteiger partial charge in [-0.25, -0.2) is 4.39 Å². The van der Waals surface area contributed by atoms with Crippen LogP contribution in [0.25, 0.3) is 0 Å². The van der Waals surface area contributed by atoms with Crippen LogP contribution in [-0.2, 0) is 16.0 Å². The standard InChI is InChI=1S/C10H11FO3/c1-2-14-9(13)6-7-4-3-5-8(12)10(7)11/h3-5,12H,2,6H2,1H3. The van der Waals surface area contributed by atoms with Gasteiger partial charge in [-0.15, -0.1) is 0 Å². The zero-order valence-corrected chi connectivity index (χ0v) is 7.79. The van der Waals surface area contributed by atoms with E-state index < -0.39 is 17.5 Å². The van der Waals surface area contributed by atoms with Gasteiger partial charge in [0.15, 0.2) is 11.6 Å². The van der Waals surface area contributed by atoms with E-state index in [1.807, 2.05) is 0 Å². The summed E-state index contributed by atoms with van der Waals surface area (Å²) in [5.41, 5.74) is 0.142. The van der Waals surface area contributed by atoms with Crippen molar-refractivity contribution in [2.75, 3.05) is 6.61 Å². The Kier molecular flexibility index (Phi) is 3.45. The third-order valence-electron chi connectivity index (χ3n) is 1.70. The molecule has 0 fully saturated rings.